The van der Waals surface area contributed by atoms with Crippen LogP contribution in [0.1, 0.15) is 13.3 Å². The number of anilines is 3. The van der Waals surface area contributed by atoms with E-state index in [1.165, 1.54) is 18.5 Å². The number of nitrogens with zero attached hydrogens (tertiary/aromatic N) is 2. The maximum Gasteiger partial charge on any atom is 0.144 e. The minimum absolute atomic E-state index is 0.0353. The van der Waals surface area contributed by atoms with E-state index in [2.05, 4.69) is 15.3 Å². The third-order valence-corrected chi connectivity index (χ3v) is 3.70. The van der Waals surface area contributed by atoms with Gasteiger partial charge in [0.25, 0.3) is 0 Å². The Morgan fingerprint density at radius 3 is 2.83 bits per heavy atom. The number of nitrogen functional groups attached to an aromatic ring is 1. The molecule has 0 aliphatic rings. The first-order valence-electron chi connectivity index (χ1n) is 7.47. The van der Waals surface area contributed by atoms with E-state index in [9.17, 15) is 4.39 Å². The molecule has 124 valence electrons. The van der Waals surface area contributed by atoms with E-state index in [-0.39, 0.29) is 5.02 Å². The van der Waals surface area contributed by atoms with Gasteiger partial charge >= 0.3 is 0 Å². The molecule has 5 nitrogen and oxygen atoms in total. The fourth-order valence-electron chi connectivity index (χ4n) is 2.25. The average Bonchev–Trinajstić information content (AvgIpc) is 2.57. The molecule has 0 saturated heterocycles. The molecule has 3 N–H and O–H groups in total. The lowest BCUT2D eigenvalue weighted by Crippen LogP contribution is -2.01. The molecule has 1 heterocycles. The highest BCUT2D eigenvalue weighted by Crippen LogP contribution is 2.32. The second-order valence-electron chi connectivity index (χ2n) is 5.23. The first kappa shape index (κ1) is 16.3. The number of benzene rings is 2. The van der Waals surface area contributed by atoms with Crippen molar-refractivity contribution in [2.45, 2.75) is 13.3 Å². The normalized spacial score (nSPS) is 10.8. The quantitative estimate of drug-likeness (QED) is 0.664. The molecular weight excluding hydrogens is 331 g/mol. The molecule has 3 aromatic rings. The van der Waals surface area contributed by atoms with Crippen molar-refractivity contribution in [3.8, 4) is 5.75 Å². The SMILES string of the molecule is CCCOc1cc2ncnc(Nc3ccc(F)c(Cl)c3)c2cc1N. The zero-order valence-corrected chi connectivity index (χ0v) is 13.8. The number of aromatic nitrogens is 2. The molecule has 0 atom stereocenters. The summed E-state index contributed by atoms with van der Waals surface area (Å²) in [6.45, 7) is 2.61. The first-order chi connectivity index (χ1) is 11.6. The molecular formula is C17H16ClFN4O. The van der Waals surface area contributed by atoms with E-state index < -0.39 is 5.82 Å². The van der Waals surface area contributed by atoms with Crippen molar-refractivity contribution < 1.29 is 9.13 Å². The van der Waals surface area contributed by atoms with Gasteiger partial charge in [-0.2, -0.15) is 0 Å². The number of ether oxygens (including phenoxy) is 1. The van der Waals surface area contributed by atoms with Crippen molar-refractivity contribution in [1.82, 2.24) is 9.97 Å². The lowest BCUT2D eigenvalue weighted by atomic mass is 10.2. The van der Waals surface area contributed by atoms with Crippen LogP contribution in [-0.4, -0.2) is 16.6 Å². The molecule has 0 fully saturated rings. The molecule has 0 aliphatic carbocycles. The standard InChI is InChI=1S/C17H16ClFN4O/c1-2-5-24-16-8-15-11(7-14(16)20)17(22-9-21-15)23-10-3-4-13(19)12(18)6-10/h3-4,6-9H,2,5,20H2,1H3,(H,21,22,23). The first-order valence-corrected chi connectivity index (χ1v) is 7.85. The fourth-order valence-corrected chi connectivity index (χ4v) is 2.43. The third-order valence-electron chi connectivity index (χ3n) is 3.41. The van der Waals surface area contributed by atoms with Crippen LogP contribution in [0.5, 0.6) is 5.75 Å². The van der Waals surface area contributed by atoms with E-state index in [0.717, 1.165) is 11.8 Å². The molecule has 0 saturated carbocycles. The topological polar surface area (TPSA) is 73.1 Å². The van der Waals surface area contributed by atoms with E-state index in [1.54, 1.807) is 18.2 Å². The second-order valence-corrected chi connectivity index (χ2v) is 5.64. The smallest absolute Gasteiger partial charge is 0.144 e. The van der Waals surface area contributed by atoms with Gasteiger partial charge in [-0.3, -0.25) is 0 Å². The molecule has 0 aliphatic heterocycles. The van der Waals surface area contributed by atoms with Crippen molar-refractivity contribution in [3.63, 3.8) is 0 Å². The van der Waals surface area contributed by atoms with Crippen LogP contribution in [0.3, 0.4) is 0 Å². The van der Waals surface area contributed by atoms with Crippen molar-refractivity contribution in [2.24, 2.45) is 0 Å². The molecule has 7 heteroatoms. The zero-order chi connectivity index (χ0) is 17.1. The van der Waals surface area contributed by atoms with Gasteiger partial charge in [0.05, 0.1) is 22.8 Å². The molecule has 3 rings (SSSR count). The fraction of sp³-hybridized carbons (Fsp3) is 0.176. The number of rotatable bonds is 5. The second kappa shape index (κ2) is 6.88. The number of hydrogen-bond donors (Lipinski definition) is 2. The van der Waals surface area contributed by atoms with Crippen LogP contribution in [0, 0.1) is 5.82 Å². The molecule has 0 radical (unpaired) electrons. The van der Waals surface area contributed by atoms with Crippen LogP contribution in [0.25, 0.3) is 10.9 Å². The van der Waals surface area contributed by atoms with Gasteiger partial charge in [0.15, 0.2) is 0 Å². The van der Waals surface area contributed by atoms with Crippen molar-refractivity contribution >= 4 is 39.7 Å². The Hall–Kier alpha value is -2.60. The van der Waals surface area contributed by atoms with Gasteiger partial charge < -0.3 is 15.8 Å². The summed E-state index contributed by atoms with van der Waals surface area (Å²) < 4.78 is 18.9. The molecule has 0 spiro atoms. The summed E-state index contributed by atoms with van der Waals surface area (Å²) in [7, 11) is 0. The third kappa shape index (κ3) is 3.33. The molecule has 0 amide bonds. The lowest BCUT2D eigenvalue weighted by Gasteiger charge is -2.12. The Balaban J connectivity index is 1.99. The predicted octanol–water partition coefficient (Wildman–Crippen LogP) is 4.54. The van der Waals surface area contributed by atoms with E-state index >= 15 is 0 Å². The molecule has 0 unspecified atom stereocenters. The molecule has 2 aromatic carbocycles. The average molecular weight is 347 g/mol. The van der Waals surface area contributed by atoms with E-state index in [0.29, 0.717) is 35.1 Å². The molecule has 24 heavy (non-hydrogen) atoms. The number of halogens is 2. The Morgan fingerprint density at radius 1 is 1.25 bits per heavy atom. The lowest BCUT2D eigenvalue weighted by molar-refractivity contribution is 0.319. The summed E-state index contributed by atoms with van der Waals surface area (Å²) in [5.74, 6) is 0.673. The summed E-state index contributed by atoms with van der Waals surface area (Å²) in [5.41, 5.74) is 7.87. The van der Waals surface area contributed by atoms with Crippen LogP contribution in [0.2, 0.25) is 5.02 Å². The maximum atomic E-state index is 13.3. The summed E-state index contributed by atoms with van der Waals surface area (Å²) in [6.07, 6.45) is 2.33. The highest BCUT2D eigenvalue weighted by atomic mass is 35.5. The number of hydrogen-bond acceptors (Lipinski definition) is 5. The van der Waals surface area contributed by atoms with Gasteiger partial charge in [0.1, 0.15) is 23.7 Å². The monoisotopic (exact) mass is 346 g/mol. The number of fused-ring (bicyclic) bond motifs is 1. The minimum Gasteiger partial charge on any atom is -0.491 e. The van der Waals surface area contributed by atoms with Crippen molar-refractivity contribution in [2.75, 3.05) is 17.7 Å². The van der Waals surface area contributed by atoms with Crippen LogP contribution in [0.15, 0.2) is 36.7 Å². The largest absolute Gasteiger partial charge is 0.491 e. The Morgan fingerprint density at radius 2 is 2.08 bits per heavy atom. The molecule has 1 aromatic heterocycles. The van der Waals surface area contributed by atoms with Crippen LogP contribution < -0.4 is 15.8 Å². The number of nitrogens with two attached hydrogens (primary N) is 1. The zero-order valence-electron chi connectivity index (χ0n) is 13.0. The van der Waals surface area contributed by atoms with Gasteiger partial charge in [0, 0.05) is 17.1 Å². The van der Waals surface area contributed by atoms with Gasteiger partial charge in [-0.1, -0.05) is 18.5 Å². The predicted molar refractivity (Wildman–Crippen MR) is 94.4 cm³/mol. The van der Waals surface area contributed by atoms with Gasteiger partial charge in [0.2, 0.25) is 0 Å². The van der Waals surface area contributed by atoms with E-state index in [1.807, 2.05) is 6.92 Å². The highest BCUT2D eigenvalue weighted by molar-refractivity contribution is 6.31. The summed E-state index contributed by atoms with van der Waals surface area (Å²) in [6, 6.07) is 7.90. The van der Waals surface area contributed by atoms with Crippen molar-refractivity contribution in [3.05, 3.63) is 47.5 Å². The number of nitrogens with one attached hydrogen (secondary N) is 1. The Kier molecular flexibility index (Phi) is 4.66. The Labute approximate surface area is 143 Å². The minimum atomic E-state index is -0.475. The van der Waals surface area contributed by atoms with Gasteiger partial charge in [-0.25, -0.2) is 14.4 Å². The van der Waals surface area contributed by atoms with Gasteiger partial charge in [-0.05, 0) is 30.7 Å². The van der Waals surface area contributed by atoms with Crippen molar-refractivity contribution in [1.29, 1.82) is 0 Å². The van der Waals surface area contributed by atoms with E-state index in [4.69, 9.17) is 22.1 Å². The Bertz CT molecular complexity index is 888. The van der Waals surface area contributed by atoms with Crippen LogP contribution >= 0.6 is 11.6 Å². The summed E-state index contributed by atoms with van der Waals surface area (Å²) in [4.78, 5) is 8.48. The summed E-state index contributed by atoms with van der Waals surface area (Å²) in [5, 5.41) is 3.88. The van der Waals surface area contributed by atoms with Gasteiger partial charge in [-0.15, -0.1) is 0 Å². The van der Waals surface area contributed by atoms with Crippen LogP contribution in [-0.2, 0) is 0 Å². The molecule has 0 bridgehead atoms. The highest BCUT2D eigenvalue weighted by Gasteiger charge is 2.10. The summed E-state index contributed by atoms with van der Waals surface area (Å²) >= 11 is 5.81. The van der Waals surface area contributed by atoms with Crippen LogP contribution in [0.4, 0.5) is 21.6 Å². The maximum absolute atomic E-state index is 13.3.